The van der Waals surface area contributed by atoms with Crippen LogP contribution in [0.1, 0.15) is 0 Å². The van der Waals surface area contributed by atoms with Crippen LogP contribution in [0.2, 0.25) is 0 Å². The van der Waals surface area contributed by atoms with E-state index in [1.54, 1.807) is 0 Å². The van der Waals surface area contributed by atoms with Gasteiger partial charge in [0.05, 0.1) is 11.4 Å². The number of ether oxygens (including phenoxy) is 1. The Labute approximate surface area is 355 Å². The fourth-order valence-electron chi connectivity index (χ4n) is 11.9. The fourth-order valence-corrected chi connectivity index (χ4v) is 11.9. The average Bonchev–Trinajstić information content (AvgIpc) is 3.90. The molecule has 0 atom stereocenters. The lowest BCUT2D eigenvalue weighted by molar-refractivity contribution is 0.478. The quantitative estimate of drug-likeness (QED) is 0.163. The van der Waals surface area contributed by atoms with Crippen molar-refractivity contribution in [1.29, 1.82) is 0 Å². The topological polar surface area (TPSA) is 45.2 Å². The number of hydrogen-bond donors (Lipinski definition) is 0. The molecule has 9 aromatic carbocycles. The number of hydrogen-bond acceptors (Lipinski definition) is 6. The molecule has 0 saturated heterocycles. The molecule has 0 N–H and O–H groups in total. The van der Waals surface area contributed by atoms with Gasteiger partial charge in [-0.2, -0.15) is 0 Å². The smallest absolute Gasteiger partial charge is 0.257 e. The van der Waals surface area contributed by atoms with Gasteiger partial charge in [-0.05, 0) is 112 Å². The highest BCUT2D eigenvalue weighted by atomic mass is 16.5. The molecular weight excluding hydrogens is 760 g/mol. The van der Waals surface area contributed by atoms with Crippen molar-refractivity contribution in [1.82, 2.24) is 0 Å². The van der Waals surface area contributed by atoms with E-state index in [1.807, 2.05) is 0 Å². The summed E-state index contributed by atoms with van der Waals surface area (Å²) in [6.45, 7) is -0.333. The number of para-hydroxylation sites is 6. The van der Waals surface area contributed by atoms with E-state index in [4.69, 9.17) is 13.6 Å². The highest BCUT2D eigenvalue weighted by molar-refractivity contribution is 7.06. The normalized spacial score (nSPS) is 14.4. The Morgan fingerprint density at radius 3 is 1.31 bits per heavy atom. The molecule has 6 nitrogen and oxygen atoms in total. The monoisotopic (exact) mass is 789 g/mol. The Morgan fingerprint density at radius 2 is 0.806 bits per heavy atom. The van der Waals surface area contributed by atoms with Crippen molar-refractivity contribution in [2.45, 2.75) is 0 Å². The van der Waals surface area contributed by atoms with Crippen molar-refractivity contribution in [3.63, 3.8) is 0 Å². The summed E-state index contributed by atoms with van der Waals surface area (Å²) in [6, 6.07) is 63.4. The van der Waals surface area contributed by atoms with E-state index in [1.165, 1.54) is 27.5 Å². The molecule has 0 unspecified atom stereocenters. The van der Waals surface area contributed by atoms with Crippen LogP contribution in [-0.4, -0.2) is 13.4 Å². The Hall–Kier alpha value is -8.09. The molecule has 62 heavy (non-hydrogen) atoms. The highest BCUT2D eigenvalue weighted by Gasteiger charge is 2.55. The Kier molecular flexibility index (Phi) is 5.63. The molecule has 5 aliphatic heterocycles. The third-order valence-corrected chi connectivity index (χ3v) is 14.2. The van der Waals surface area contributed by atoms with Crippen LogP contribution in [0, 0.1) is 0 Å². The molecule has 0 saturated carbocycles. The number of furan rings is 2. The van der Waals surface area contributed by atoms with Crippen molar-refractivity contribution in [3.05, 3.63) is 176 Å². The van der Waals surface area contributed by atoms with E-state index in [2.05, 4.69) is 191 Å². The van der Waals surface area contributed by atoms with E-state index < -0.39 is 0 Å². The molecule has 7 heterocycles. The highest BCUT2D eigenvalue weighted by Crippen LogP contribution is 2.56. The number of nitrogens with zero attached hydrogens (tertiary/aromatic N) is 3. The first kappa shape index (κ1) is 31.8. The lowest BCUT2D eigenvalue weighted by Crippen LogP contribution is -2.69. The van der Waals surface area contributed by atoms with Crippen molar-refractivity contribution < 1.29 is 13.6 Å². The van der Waals surface area contributed by atoms with Gasteiger partial charge in [0.2, 0.25) is 0 Å². The summed E-state index contributed by atoms with van der Waals surface area (Å²) in [5, 5.41) is 4.47. The number of rotatable bonds is 2. The minimum atomic E-state index is -0.166. The van der Waals surface area contributed by atoms with Crippen LogP contribution in [0.25, 0.3) is 43.9 Å². The fraction of sp³-hybridized carbons (Fsp3) is 0. The van der Waals surface area contributed by atoms with Crippen molar-refractivity contribution in [2.75, 3.05) is 14.7 Å². The summed E-state index contributed by atoms with van der Waals surface area (Å²) in [7, 11) is 0. The zero-order chi connectivity index (χ0) is 39.9. The van der Waals surface area contributed by atoms with E-state index in [9.17, 15) is 0 Å². The van der Waals surface area contributed by atoms with Crippen LogP contribution in [0.15, 0.2) is 185 Å². The van der Waals surface area contributed by atoms with Gasteiger partial charge in [0.15, 0.2) is 11.5 Å². The molecule has 0 amide bonds. The SMILES string of the molecule is c1ccc(N2c3cc4c5c6c3B(c3cccc7c3N6c3c(cccc3B5c3c(ccc5c3oc3ccccc35)N4c3ccccc3)O7)c3c2ccc2c3oc3ccccc32)cc1. The first-order chi connectivity index (χ1) is 30.8. The first-order valence-corrected chi connectivity index (χ1v) is 21.3. The third kappa shape index (κ3) is 3.65. The van der Waals surface area contributed by atoms with Crippen molar-refractivity contribution >= 4 is 141 Å². The first-order valence-electron chi connectivity index (χ1n) is 21.3. The Bertz CT molecular complexity index is 3600. The summed E-state index contributed by atoms with van der Waals surface area (Å²) in [5.41, 5.74) is 20.9. The maximum absolute atomic E-state index is 7.05. The van der Waals surface area contributed by atoms with Crippen LogP contribution in [-0.2, 0) is 0 Å². The molecule has 16 rings (SSSR count). The van der Waals surface area contributed by atoms with Crippen molar-refractivity contribution in [2.24, 2.45) is 0 Å². The number of anilines is 9. The second-order valence-corrected chi connectivity index (χ2v) is 17.1. The van der Waals surface area contributed by atoms with Gasteiger partial charge in [-0.25, -0.2) is 0 Å². The standard InChI is InChI=1S/C54H29B2N3O3/c1-3-13-30(14-4-1)57-38-27-25-34-32-17-7-9-21-42(32)61-53(34)48(38)55-36-19-11-23-44-50(36)59-51-37(20-12-24-45(51)60-44)56-47-41(29-40(57)46(55)52(47)59)58(31-15-5-2-6-16-31)39-28-26-35-33-18-8-10-22-43(33)62-54(35)49(39)56/h1-29H. The zero-order valence-electron chi connectivity index (χ0n) is 33.0. The van der Waals surface area contributed by atoms with Gasteiger partial charge >= 0.3 is 0 Å². The zero-order valence-corrected chi connectivity index (χ0v) is 33.0. The molecule has 8 heteroatoms. The average molecular weight is 789 g/mol. The van der Waals surface area contributed by atoms with E-state index in [0.29, 0.717) is 0 Å². The molecule has 0 fully saturated rings. The van der Waals surface area contributed by atoms with Gasteiger partial charge in [0, 0.05) is 61.4 Å². The molecule has 0 spiro atoms. The van der Waals surface area contributed by atoms with Crippen LogP contribution in [0.4, 0.5) is 51.2 Å². The van der Waals surface area contributed by atoms with Crippen molar-refractivity contribution in [3.8, 4) is 11.5 Å². The summed E-state index contributed by atoms with van der Waals surface area (Å²) in [5.74, 6) is 1.71. The van der Waals surface area contributed by atoms with E-state index >= 15 is 0 Å². The van der Waals surface area contributed by atoms with Gasteiger partial charge < -0.3 is 28.3 Å². The Balaban J connectivity index is 1.13. The second kappa shape index (κ2) is 11.0. The number of benzene rings is 9. The molecule has 284 valence electrons. The molecule has 0 aliphatic carbocycles. The number of fused-ring (bicyclic) bond motifs is 14. The van der Waals surface area contributed by atoms with E-state index in [0.717, 1.165) is 112 Å². The minimum absolute atomic E-state index is 0.166. The Morgan fingerprint density at radius 1 is 0.339 bits per heavy atom. The molecule has 2 aromatic heterocycles. The predicted molar refractivity (Wildman–Crippen MR) is 254 cm³/mol. The van der Waals surface area contributed by atoms with Gasteiger partial charge in [-0.3, -0.25) is 0 Å². The molecule has 11 aromatic rings. The summed E-state index contributed by atoms with van der Waals surface area (Å²) in [6.07, 6.45) is 0. The predicted octanol–water partition coefficient (Wildman–Crippen LogP) is 10.3. The van der Waals surface area contributed by atoms with Crippen LogP contribution in [0.5, 0.6) is 11.5 Å². The molecule has 5 aliphatic rings. The maximum atomic E-state index is 7.05. The summed E-state index contributed by atoms with van der Waals surface area (Å²) < 4.78 is 21.1. The second-order valence-electron chi connectivity index (χ2n) is 17.1. The van der Waals surface area contributed by atoms with Gasteiger partial charge in [0.25, 0.3) is 13.4 Å². The molecular formula is C54H29B2N3O3. The minimum Gasteiger partial charge on any atom is -0.457 e. The lowest BCUT2D eigenvalue weighted by atomic mass is 9.28. The largest absolute Gasteiger partial charge is 0.457 e. The maximum Gasteiger partial charge on any atom is 0.257 e. The summed E-state index contributed by atoms with van der Waals surface area (Å²) in [4.78, 5) is 7.53. The van der Waals surface area contributed by atoms with Gasteiger partial charge in [-0.1, -0.05) is 97.1 Å². The van der Waals surface area contributed by atoms with Crippen LogP contribution < -0.4 is 52.2 Å². The third-order valence-electron chi connectivity index (χ3n) is 14.2. The van der Waals surface area contributed by atoms with Gasteiger partial charge in [-0.15, -0.1) is 0 Å². The van der Waals surface area contributed by atoms with Crippen LogP contribution >= 0.6 is 0 Å². The van der Waals surface area contributed by atoms with Crippen LogP contribution in [0.3, 0.4) is 0 Å². The van der Waals surface area contributed by atoms with Gasteiger partial charge in [0.1, 0.15) is 22.3 Å². The summed E-state index contributed by atoms with van der Waals surface area (Å²) >= 11 is 0. The molecule has 0 bridgehead atoms. The van der Waals surface area contributed by atoms with E-state index in [-0.39, 0.29) is 13.4 Å². The lowest BCUT2D eigenvalue weighted by Gasteiger charge is -2.52. The molecule has 0 radical (unpaired) electrons.